The lowest BCUT2D eigenvalue weighted by molar-refractivity contribution is 0.369. The molecule has 0 aromatic carbocycles. The van der Waals surface area contributed by atoms with Crippen molar-refractivity contribution >= 4 is 5.69 Å². The lowest BCUT2D eigenvalue weighted by Gasteiger charge is -2.23. The van der Waals surface area contributed by atoms with E-state index in [2.05, 4.69) is 27.3 Å². The van der Waals surface area contributed by atoms with Crippen LogP contribution in [0.15, 0.2) is 24.5 Å². The fourth-order valence-corrected chi connectivity index (χ4v) is 2.85. The van der Waals surface area contributed by atoms with E-state index in [-0.39, 0.29) is 0 Å². The zero-order valence-corrected chi connectivity index (χ0v) is 8.95. The van der Waals surface area contributed by atoms with Crippen LogP contribution in [0.5, 0.6) is 0 Å². The van der Waals surface area contributed by atoms with Crippen molar-refractivity contribution < 1.29 is 0 Å². The maximum Gasteiger partial charge on any atom is 0.0397 e. The van der Waals surface area contributed by atoms with E-state index in [9.17, 15) is 0 Å². The van der Waals surface area contributed by atoms with Crippen LogP contribution in [-0.4, -0.2) is 31.2 Å². The molecule has 1 atom stereocenters. The molecule has 2 fully saturated rings. The van der Waals surface area contributed by atoms with Crippen molar-refractivity contribution in [2.45, 2.75) is 12.8 Å². The highest BCUT2D eigenvalue weighted by atomic mass is 15.2. The summed E-state index contributed by atoms with van der Waals surface area (Å²) in [6, 6.07) is 4.22. The van der Waals surface area contributed by atoms with Gasteiger partial charge in [-0.25, -0.2) is 0 Å². The number of rotatable bonds is 1. The van der Waals surface area contributed by atoms with E-state index in [1.807, 2.05) is 12.4 Å². The second-order valence-electron chi connectivity index (χ2n) is 4.80. The van der Waals surface area contributed by atoms with Crippen molar-refractivity contribution in [2.24, 2.45) is 5.41 Å². The molecule has 80 valence electrons. The van der Waals surface area contributed by atoms with Gasteiger partial charge in [-0.3, -0.25) is 4.98 Å². The first kappa shape index (κ1) is 9.16. The van der Waals surface area contributed by atoms with Crippen LogP contribution >= 0.6 is 0 Å². The summed E-state index contributed by atoms with van der Waals surface area (Å²) in [5.41, 5.74) is 1.89. The Morgan fingerprint density at radius 1 is 1.27 bits per heavy atom. The SMILES string of the molecule is c1cc(N2CCC3(CCNC3)C2)ccn1. The predicted molar refractivity (Wildman–Crippen MR) is 61.0 cm³/mol. The summed E-state index contributed by atoms with van der Waals surface area (Å²) in [5, 5.41) is 3.49. The Labute approximate surface area is 90.5 Å². The first-order valence-electron chi connectivity index (χ1n) is 5.74. The molecule has 0 aliphatic carbocycles. The average Bonchev–Trinajstić information content (AvgIpc) is 2.91. The van der Waals surface area contributed by atoms with E-state index in [0.29, 0.717) is 5.41 Å². The first-order valence-corrected chi connectivity index (χ1v) is 5.74. The van der Waals surface area contributed by atoms with Crippen molar-refractivity contribution in [3.05, 3.63) is 24.5 Å². The van der Waals surface area contributed by atoms with E-state index in [0.717, 1.165) is 0 Å². The molecule has 2 saturated heterocycles. The summed E-state index contributed by atoms with van der Waals surface area (Å²) < 4.78 is 0. The monoisotopic (exact) mass is 203 g/mol. The minimum atomic E-state index is 0.559. The van der Waals surface area contributed by atoms with Crippen molar-refractivity contribution in [2.75, 3.05) is 31.1 Å². The second kappa shape index (κ2) is 3.49. The third-order valence-electron chi connectivity index (χ3n) is 3.80. The zero-order valence-electron chi connectivity index (χ0n) is 8.95. The molecule has 1 aromatic heterocycles. The third kappa shape index (κ3) is 1.61. The number of anilines is 1. The van der Waals surface area contributed by atoms with Gasteiger partial charge >= 0.3 is 0 Å². The number of nitrogens with one attached hydrogen (secondary N) is 1. The van der Waals surface area contributed by atoms with Gasteiger partial charge in [0.2, 0.25) is 0 Å². The van der Waals surface area contributed by atoms with Gasteiger partial charge in [-0.05, 0) is 31.5 Å². The van der Waals surface area contributed by atoms with Crippen LogP contribution in [0.25, 0.3) is 0 Å². The van der Waals surface area contributed by atoms with Crippen LogP contribution in [-0.2, 0) is 0 Å². The van der Waals surface area contributed by atoms with Crippen molar-refractivity contribution in [1.29, 1.82) is 0 Å². The molecule has 3 heterocycles. The second-order valence-corrected chi connectivity index (χ2v) is 4.80. The summed E-state index contributed by atoms with van der Waals surface area (Å²) in [6.07, 6.45) is 6.44. The molecular weight excluding hydrogens is 186 g/mol. The van der Waals surface area contributed by atoms with Crippen molar-refractivity contribution in [1.82, 2.24) is 10.3 Å². The van der Waals surface area contributed by atoms with E-state index >= 15 is 0 Å². The fourth-order valence-electron chi connectivity index (χ4n) is 2.85. The Hall–Kier alpha value is -1.09. The van der Waals surface area contributed by atoms with Gasteiger partial charge in [-0.2, -0.15) is 0 Å². The van der Waals surface area contributed by atoms with Gasteiger partial charge in [0.05, 0.1) is 0 Å². The highest BCUT2D eigenvalue weighted by Gasteiger charge is 2.40. The minimum absolute atomic E-state index is 0.559. The number of hydrogen-bond acceptors (Lipinski definition) is 3. The summed E-state index contributed by atoms with van der Waals surface area (Å²) in [6.45, 7) is 4.81. The molecule has 3 rings (SSSR count). The molecule has 3 heteroatoms. The van der Waals surface area contributed by atoms with Crippen molar-refractivity contribution in [3.8, 4) is 0 Å². The van der Waals surface area contributed by atoms with Crippen molar-refractivity contribution in [3.63, 3.8) is 0 Å². The summed E-state index contributed by atoms with van der Waals surface area (Å²) in [4.78, 5) is 6.56. The van der Waals surface area contributed by atoms with Crippen LogP contribution in [0, 0.1) is 5.41 Å². The normalized spacial score (nSPS) is 30.3. The standard InChI is InChI=1S/C12H17N3/c1-5-13-6-2-11(1)15-8-4-12(10-15)3-7-14-9-12/h1-2,5-6,14H,3-4,7-10H2. The number of aromatic nitrogens is 1. The summed E-state index contributed by atoms with van der Waals surface area (Å²) in [5.74, 6) is 0. The quantitative estimate of drug-likeness (QED) is 0.745. The Bertz CT molecular complexity index is 330. The molecule has 0 radical (unpaired) electrons. The average molecular weight is 203 g/mol. The number of nitrogens with zero attached hydrogens (tertiary/aromatic N) is 2. The lowest BCUT2D eigenvalue weighted by Crippen LogP contribution is -2.29. The molecule has 0 saturated carbocycles. The topological polar surface area (TPSA) is 28.2 Å². The lowest BCUT2D eigenvalue weighted by atomic mass is 9.86. The fraction of sp³-hybridized carbons (Fsp3) is 0.583. The van der Waals surface area contributed by atoms with Gasteiger partial charge in [0.25, 0.3) is 0 Å². The van der Waals surface area contributed by atoms with Gasteiger partial charge in [0.1, 0.15) is 0 Å². The molecule has 1 aromatic rings. The third-order valence-corrected chi connectivity index (χ3v) is 3.80. The molecule has 0 bridgehead atoms. The zero-order chi connectivity index (χ0) is 10.1. The van der Waals surface area contributed by atoms with Gasteiger partial charge in [-0.15, -0.1) is 0 Å². The summed E-state index contributed by atoms with van der Waals surface area (Å²) in [7, 11) is 0. The van der Waals surface area contributed by atoms with Crippen LogP contribution in [0.3, 0.4) is 0 Å². The highest BCUT2D eigenvalue weighted by molar-refractivity contribution is 5.46. The van der Waals surface area contributed by atoms with Crippen LogP contribution in [0.1, 0.15) is 12.8 Å². The van der Waals surface area contributed by atoms with E-state index in [1.54, 1.807) is 0 Å². The number of hydrogen-bond donors (Lipinski definition) is 1. The smallest absolute Gasteiger partial charge is 0.0397 e. The Balaban J connectivity index is 1.76. The Morgan fingerprint density at radius 3 is 2.87 bits per heavy atom. The molecule has 3 nitrogen and oxygen atoms in total. The summed E-state index contributed by atoms with van der Waals surface area (Å²) >= 11 is 0. The molecule has 2 aliphatic rings. The Morgan fingerprint density at radius 2 is 2.13 bits per heavy atom. The van der Waals surface area contributed by atoms with E-state index in [4.69, 9.17) is 0 Å². The van der Waals surface area contributed by atoms with E-state index < -0.39 is 0 Å². The van der Waals surface area contributed by atoms with Gasteiger partial charge in [0, 0.05) is 43.1 Å². The molecule has 15 heavy (non-hydrogen) atoms. The molecule has 1 N–H and O–H groups in total. The van der Waals surface area contributed by atoms with Crippen LogP contribution in [0.4, 0.5) is 5.69 Å². The number of pyridine rings is 1. The largest absolute Gasteiger partial charge is 0.371 e. The maximum atomic E-state index is 4.07. The van der Waals surface area contributed by atoms with E-state index in [1.165, 1.54) is 44.7 Å². The molecule has 0 amide bonds. The minimum Gasteiger partial charge on any atom is -0.371 e. The van der Waals surface area contributed by atoms with Crippen LogP contribution in [0.2, 0.25) is 0 Å². The predicted octanol–water partition coefficient (Wildman–Crippen LogP) is 1.27. The Kier molecular flexibility index (Phi) is 2.13. The highest BCUT2D eigenvalue weighted by Crippen LogP contribution is 2.37. The molecular formula is C12H17N3. The van der Waals surface area contributed by atoms with Crippen LogP contribution < -0.4 is 10.2 Å². The molecule has 1 spiro atoms. The molecule has 1 unspecified atom stereocenters. The molecule has 2 aliphatic heterocycles. The first-order chi connectivity index (χ1) is 7.38. The van der Waals surface area contributed by atoms with Gasteiger partial charge in [-0.1, -0.05) is 0 Å². The van der Waals surface area contributed by atoms with Gasteiger partial charge < -0.3 is 10.2 Å². The van der Waals surface area contributed by atoms with Gasteiger partial charge in [0.15, 0.2) is 0 Å². The maximum absolute atomic E-state index is 4.07.